The summed E-state index contributed by atoms with van der Waals surface area (Å²) in [7, 11) is 0. The van der Waals surface area contributed by atoms with Crippen LogP contribution in [0.3, 0.4) is 0 Å². The number of hydrogen-bond donors (Lipinski definition) is 1. The molecular weight excluding hydrogens is 598 g/mol. The monoisotopic (exact) mass is 607 g/mol. The van der Waals surface area contributed by atoms with E-state index in [-0.39, 0.29) is 5.56 Å². The van der Waals surface area contributed by atoms with Crippen LogP contribution in [-0.4, -0.2) is 47.6 Å². The average molecular weight is 607 g/mol. The zero-order valence-corrected chi connectivity index (χ0v) is 18.6. The van der Waals surface area contributed by atoms with E-state index < -0.39 is 64.7 Å². The van der Waals surface area contributed by atoms with Crippen molar-refractivity contribution >= 4 is 11.6 Å². The number of carbonyl (C=O) groups excluding carboxylic acids is 1. The predicted octanol–water partition coefficient (Wildman–Crippen LogP) is 7.54. The Hall–Kier alpha value is -3.65. The number of alkyl halides is 15. The molecule has 0 radical (unpaired) electrons. The van der Waals surface area contributed by atoms with Gasteiger partial charge in [-0.3, -0.25) is 4.79 Å². The first-order valence-corrected chi connectivity index (χ1v) is 9.88. The van der Waals surface area contributed by atoms with Crippen LogP contribution in [0.25, 0.3) is 0 Å². The maximum atomic E-state index is 14.1. The lowest BCUT2D eigenvalue weighted by Crippen LogP contribution is -2.73. The molecule has 2 nitrogen and oxygen atoms in total. The number of rotatable bonds is 7. The van der Waals surface area contributed by atoms with Gasteiger partial charge in [-0.15, -0.1) is 0 Å². The van der Waals surface area contributed by atoms with Gasteiger partial charge in [-0.05, 0) is 36.4 Å². The molecule has 0 aliphatic carbocycles. The van der Waals surface area contributed by atoms with E-state index in [0.29, 0.717) is 6.07 Å². The highest BCUT2D eigenvalue weighted by molar-refractivity contribution is 5.98. The van der Waals surface area contributed by atoms with Gasteiger partial charge in [0.15, 0.2) is 0 Å². The molecule has 0 unspecified atom stereocenters. The third kappa shape index (κ3) is 5.12. The summed E-state index contributed by atoms with van der Waals surface area (Å²) in [6.45, 7) is 0. The van der Waals surface area contributed by atoms with Gasteiger partial charge < -0.3 is 5.32 Å². The molecule has 1 amide bonds. The number of benzene rings is 2. The molecule has 2 aromatic carbocycles. The molecule has 220 valence electrons. The normalized spacial score (nSPS) is 13.9. The minimum Gasteiger partial charge on any atom is -0.319 e. The van der Waals surface area contributed by atoms with E-state index in [2.05, 4.69) is 11.8 Å². The minimum absolute atomic E-state index is 0.0536. The second-order valence-electron chi connectivity index (χ2n) is 7.70. The molecule has 0 saturated carbocycles. The second-order valence-corrected chi connectivity index (χ2v) is 7.70. The number of para-hydroxylation sites is 1. The fourth-order valence-electron chi connectivity index (χ4n) is 2.68. The van der Waals surface area contributed by atoms with E-state index in [4.69, 9.17) is 0 Å². The second kappa shape index (κ2) is 10.1. The van der Waals surface area contributed by atoms with Crippen LogP contribution in [0.1, 0.15) is 11.1 Å². The lowest BCUT2D eigenvalue weighted by molar-refractivity contribution is -0.449. The fraction of sp³-hybridized carbons (Fsp3) is 0.318. The van der Waals surface area contributed by atoms with Gasteiger partial charge in [-0.25, -0.2) is 4.39 Å². The van der Waals surface area contributed by atoms with Crippen molar-refractivity contribution < 1.29 is 75.0 Å². The van der Waals surface area contributed by atoms with Crippen LogP contribution in [-0.2, 0) is 4.79 Å². The summed E-state index contributed by atoms with van der Waals surface area (Å²) in [5.41, 5.74) is -1.47. The van der Waals surface area contributed by atoms with Gasteiger partial charge >= 0.3 is 47.6 Å². The molecule has 2 rings (SSSR count). The maximum absolute atomic E-state index is 14.1. The molecule has 0 spiro atoms. The molecule has 0 saturated heterocycles. The molecule has 0 aromatic heterocycles. The van der Waals surface area contributed by atoms with Gasteiger partial charge in [0.1, 0.15) is 5.82 Å². The van der Waals surface area contributed by atoms with E-state index >= 15 is 0 Å². The fourth-order valence-corrected chi connectivity index (χ4v) is 2.68. The summed E-state index contributed by atoms with van der Waals surface area (Å²) < 4.78 is 213. The Labute approximate surface area is 211 Å². The van der Waals surface area contributed by atoms with Crippen molar-refractivity contribution in [3.05, 3.63) is 65.5 Å². The Kier molecular flexibility index (Phi) is 8.20. The van der Waals surface area contributed by atoms with Crippen molar-refractivity contribution in [3.63, 3.8) is 0 Å². The summed E-state index contributed by atoms with van der Waals surface area (Å²) in [6.07, 6.45) is -7.73. The van der Waals surface area contributed by atoms with Crippen LogP contribution in [0.15, 0.2) is 48.5 Å². The Morgan fingerprint density at radius 3 is 1.52 bits per heavy atom. The SMILES string of the molecule is O=C(Nc1ccccc1C#Cc1ccc(F)cc1)C(F)(F)C(F)(F)C(F)(F)C(F)(F)C(F)(F)C(F)(F)C(F)(F)F. The van der Waals surface area contributed by atoms with Crippen molar-refractivity contribution in [2.45, 2.75) is 41.7 Å². The van der Waals surface area contributed by atoms with E-state index in [0.717, 1.165) is 47.8 Å². The number of hydrogen-bond acceptors (Lipinski definition) is 1. The number of carbonyl (C=O) groups is 1. The van der Waals surface area contributed by atoms with Gasteiger partial charge in [0.2, 0.25) is 0 Å². The van der Waals surface area contributed by atoms with Crippen LogP contribution in [0, 0.1) is 17.7 Å². The smallest absolute Gasteiger partial charge is 0.319 e. The van der Waals surface area contributed by atoms with Gasteiger partial charge in [0.05, 0.1) is 5.69 Å². The molecule has 0 aliphatic rings. The molecule has 18 heteroatoms. The molecule has 2 aromatic rings. The zero-order valence-electron chi connectivity index (χ0n) is 18.6. The Morgan fingerprint density at radius 2 is 1.02 bits per heavy atom. The number of amides is 1. The summed E-state index contributed by atoms with van der Waals surface area (Å²) in [5.74, 6) is -48.4. The highest BCUT2D eigenvalue weighted by atomic mass is 19.4. The quantitative estimate of drug-likeness (QED) is 0.256. The van der Waals surface area contributed by atoms with Crippen LogP contribution in [0.5, 0.6) is 0 Å². The molecular formula is C22H9F16NO. The van der Waals surface area contributed by atoms with E-state index in [1.54, 1.807) is 0 Å². The maximum Gasteiger partial charge on any atom is 0.460 e. The summed E-state index contributed by atoms with van der Waals surface area (Å²) in [4.78, 5) is 11.8. The van der Waals surface area contributed by atoms with Crippen LogP contribution >= 0.6 is 0 Å². The molecule has 40 heavy (non-hydrogen) atoms. The molecule has 0 heterocycles. The van der Waals surface area contributed by atoms with Gasteiger partial charge in [0, 0.05) is 11.1 Å². The van der Waals surface area contributed by atoms with Crippen molar-refractivity contribution in [2.75, 3.05) is 5.32 Å². The summed E-state index contributed by atoms with van der Waals surface area (Å²) in [6, 6.07) is 7.59. The van der Waals surface area contributed by atoms with E-state index in [9.17, 15) is 75.0 Å². The molecule has 1 N–H and O–H groups in total. The predicted molar refractivity (Wildman–Crippen MR) is 103 cm³/mol. The molecule has 0 fully saturated rings. The highest BCUT2D eigenvalue weighted by Gasteiger charge is 2.94. The van der Waals surface area contributed by atoms with Gasteiger partial charge in [-0.1, -0.05) is 24.0 Å². The average Bonchev–Trinajstić information content (AvgIpc) is 2.83. The van der Waals surface area contributed by atoms with Gasteiger partial charge in [-0.2, -0.15) is 65.9 Å². The summed E-state index contributed by atoms with van der Waals surface area (Å²) in [5, 5.41) is 0.894. The number of halogens is 16. The number of nitrogens with one attached hydrogen (secondary N) is 1. The first kappa shape index (κ1) is 32.6. The topological polar surface area (TPSA) is 29.1 Å². The lowest BCUT2D eigenvalue weighted by Gasteiger charge is -2.41. The van der Waals surface area contributed by atoms with Crippen LogP contribution in [0.2, 0.25) is 0 Å². The third-order valence-corrected chi connectivity index (χ3v) is 4.97. The zero-order chi connectivity index (χ0) is 31.2. The van der Waals surface area contributed by atoms with Crippen molar-refractivity contribution in [1.29, 1.82) is 0 Å². The lowest BCUT2D eigenvalue weighted by atomic mass is 9.90. The van der Waals surface area contributed by atoms with E-state index in [1.165, 1.54) is 0 Å². The Bertz CT molecular complexity index is 1300. The first-order chi connectivity index (χ1) is 17.9. The first-order valence-electron chi connectivity index (χ1n) is 9.88. The van der Waals surface area contributed by atoms with E-state index in [1.807, 2.05) is 0 Å². The van der Waals surface area contributed by atoms with Crippen LogP contribution in [0.4, 0.5) is 75.9 Å². The molecule has 0 atom stereocenters. The van der Waals surface area contributed by atoms with Crippen molar-refractivity contribution in [2.24, 2.45) is 0 Å². The largest absolute Gasteiger partial charge is 0.460 e. The summed E-state index contributed by atoms with van der Waals surface area (Å²) >= 11 is 0. The Balaban J connectivity index is 2.48. The Morgan fingerprint density at radius 1 is 0.575 bits per heavy atom. The highest BCUT2D eigenvalue weighted by Crippen LogP contribution is 2.62. The minimum atomic E-state index is -8.51. The molecule has 0 bridgehead atoms. The molecule has 0 aliphatic heterocycles. The number of anilines is 1. The van der Waals surface area contributed by atoms with Gasteiger partial charge in [0.25, 0.3) is 0 Å². The van der Waals surface area contributed by atoms with Crippen molar-refractivity contribution in [3.8, 4) is 11.8 Å². The van der Waals surface area contributed by atoms with Crippen LogP contribution < -0.4 is 5.32 Å². The third-order valence-electron chi connectivity index (χ3n) is 4.97. The van der Waals surface area contributed by atoms with Crippen molar-refractivity contribution in [1.82, 2.24) is 0 Å². The standard InChI is InChI=1S/C22H9F16NO/c23-13-9-6-11(7-10-13)5-8-12-3-1-2-4-14(12)39-15(40)16(24,25)17(26,27)18(28,29)19(30,31)20(32,33)21(34,35)22(36,37)38/h1-4,6-7,9-10H,(H,39,40).